The molecule has 0 aromatic heterocycles. The lowest BCUT2D eigenvalue weighted by molar-refractivity contribution is 0.0792. The maximum Gasteiger partial charge on any atom is 0.120 e. The first-order chi connectivity index (χ1) is 9.97. The fraction of sp³-hybridized carbons (Fsp3) is 0.412. The van der Waals surface area contributed by atoms with Crippen LogP contribution in [0.2, 0.25) is 0 Å². The van der Waals surface area contributed by atoms with Crippen molar-refractivity contribution in [3.63, 3.8) is 0 Å². The highest BCUT2D eigenvalue weighted by Crippen LogP contribution is 2.28. The Morgan fingerprint density at radius 1 is 0.952 bits per heavy atom. The van der Waals surface area contributed by atoms with E-state index in [9.17, 15) is 15.3 Å². The minimum atomic E-state index is -0.485. The molecule has 114 valence electrons. The smallest absolute Gasteiger partial charge is 0.120 e. The van der Waals surface area contributed by atoms with Crippen LogP contribution in [-0.4, -0.2) is 45.5 Å². The molecule has 0 bridgehead atoms. The number of phenolic OH excluding ortho intramolecular Hbond substituents is 1. The maximum absolute atomic E-state index is 10.2. The van der Waals surface area contributed by atoms with Gasteiger partial charge in [0, 0.05) is 25.2 Å². The molecule has 2 aromatic carbocycles. The van der Waals surface area contributed by atoms with Gasteiger partial charge in [-0.05, 0) is 30.7 Å². The van der Waals surface area contributed by atoms with Crippen LogP contribution in [0, 0.1) is 0 Å². The molecule has 0 aliphatic rings. The largest absolute Gasteiger partial charge is 0.508 e. The molecule has 0 spiro atoms. The summed E-state index contributed by atoms with van der Waals surface area (Å²) in [4.78, 5) is 1.96. The Hall–Kier alpha value is -1.62. The Labute approximate surface area is 125 Å². The normalized spacial score (nSPS) is 14.5. The Kier molecular flexibility index (Phi) is 5.17. The van der Waals surface area contributed by atoms with E-state index < -0.39 is 12.2 Å². The second kappa shape index (κ2) is 6.89. The third kappa shape index (κ3) is 4.17. The van der Waals surface area contributed by atoms with Crippen molar-refractivity contribution in [1.29, 1.82) is 0 Å². The van der Waals surface area contributed by atoms with Crippen molar-refractivity contribution in [3.8, 4) is 5.75 Å². The third-order valence-electron chi connectivity index (χ3n) is 3.44. The minimum absolute atomic E-state index is 0.245. The number of aliphatic hydroxyl groups excluding tert-OH is 2. The van der Waals surface area contributed by atoms with Crippen molar-refractivity contribution in [2.45, 2.75) is 32.6 Å². The number of benzene rings is 2. The number of hydrogen-bond donors (Lipinski definition) is 3. The van der Waals surface area contributed by atoms with Crippen molar-refractivity contribution in [3.05, 3.63) is 42.0 Å². The van der Waals surface area contributed by atoms with Crippen molar-refractivity contribution in [2.24, 2.45) is 0 Å². The lowest BCUT2D eigenvalue weighted by Crippen LogP contribution is -2.35. The summed E-state index contributed by atoms with van der Waals surface area (Å²) < 4.78 is 0. The summed E-state index contributed by atoms with van der Waals surface area (Å²) in [6, 6.07) is 11.5. The summed E-state index contributed by atoms with van der Waals surface area (Å²) in [5, 5.41) is 31.5. The molecule has 0 heterocycles. The number of rotatable bonds is 6. The van der Waals surface area contributed by atoms with Crippen LogP contribution in [0.4, 0.5) is 0 Å². The van der Waals surface area contributed by atoms with Gasteiger partial charge in [-0.2, -0.15) is 0 Å². The molecule has 0 radical (unpaired) electrons. The van der Waals surface area contributed by atoms with Gasteiger partial charge in [0.05, 0.1) is 12.2 Å². The lowest BCUT2D eigenvalue weighted by Gasteiger charge is -2.26. The van der Waals surface area contributed by atoms with Gasteiger partial charge in [-0.1, -0.05) is 30.3 Å². The van der Waals surface area contributed by atoms with Crippen molar-refractivity contribution in [2.75, 3.05) is 13.1 Å². The first kappa shape index (κ1) is 15.8. The fourth-order valence-electron chi connectivity index (χ4n) is 2.67. The molecule has 4 nitrogen and oxygen atoms in total. The highest BCUT2D eigenvalue weighted by molar-refractivity contribution is 5.87. The van der Waals surface area contributed by atoms with Crippen molar-refractivity contribution in [1.82, 2.24) is 4.90 Å². The second-order valence-corrected chi connectivity index (χ2v) is 5.68. The van der Waals surface area contributed by atoms with Crippen LogP contribution in [0.15, 0.2) is 36.4 Å². The molecule has 0 saturated carbocycles. The predicted molar refractivity (Wildman–Crippen MR) is 84.3 cm³/mol. The Morgan fingerprint density at radius 3 is 2.19 bits per heavy atom. The number of phenols is 1. The average molecular weight is 289 g/mol. The summed E-state index contributed by atoms with van der Waals surface area (Å²) in [5.41, 5.74) is 0.828. The standard InChI is InChI=1S/C17H23NO3/c1-12(19)9-18(10-13(2)20)11-16-15-6-4-3-5-14(15)7-8-17(16)21/h3-8,12-13,19-21H,9-11H2,1-2H3/t12-,13+. The lowest BCUT2D eigenvalue weighted by atomic mass is 10.0. The van der Waals surface area contributed by atoms with Gasteiger partial charge in [0.25, 0.3) is 0 Å². The summed E-state index contributed by atoms with van der Waals surface area (Å²) in [6.45, 7) is 4.83. The Balaban J connectivity index is 2.33. The minimum Gasteiger partial charge on any atom is -0.508 e. The van der Waals surface area contributed by atoms with Crippen LogP contribution in [-0.2, 0) is 6.54 Å². The van der Waals surface area contributed by atoms with E-state index in [1.807, 2.05) is 35.2 Å². The van der Waals surface area contributed by atoms with E-state index in [1.165, 1.54) is 0 Å². The maximum atomic E-state index is 10.2. The van der Waals surface area contributed by atoms with Gasteiger partial charge in [-0.25, -0.2) is 0 Å². The van der Waals surface area contributed by atoms with Gasteiger partial charge in [-0.15, -0.1) is 0 Å². The fourth-order valence-corrected chi connectivity index (χ4v) is 2.67. The molecule has 2 atom stereocenters. The van der Waals surface area contributed by atoms with Crippen molar-refractivity contribution >= 4 is 10.8 Å². The number of fused-ring (bicyclic) bond motifs is 1. The second-order valence-electron chi connectivity index (χ2n) is 5.68. The summed E-state index contributed by atoms with van der Waals surface area (Å²) in [7, 11) is 0. The molecular formula is C17H23NO3. The van der Waals surface area contributed by atoms with Gasteiger partial charge in [0.2, 0.25) is 0 Å². The molecule has 0 fully saturated rings. The first-order valence-corrected chi connectivity index (χ1v) is 7.25. The summed E-state index contributed by atoms with van der Waals surface area (Å²) >= 11 is 0. The van der Waals surface area contributed by atoms with Crippen molar-refractivity contribution < 1.29 is 15.3 Å². The molecular weight excluding hydrogens is 266 g/mol. The molecule has 2 rings (SSSR count). The van der Waals surface area contributed by atoms with Crippen LogP contribution in [0.5, 0.6) is 5.75 Å². The van der Waals surface area contributed by atoms with E-state index in [0.717, 1.165) is 16.3 Å². The number of aliphatic hydroxyl groups is 2. The SMILES string of the molecule is C[C@H](O)CN(Cc1c(O)ccc2ccccc12)C[C@@H](C)O. The molecule has 0 amide bonds. The van der Waals surface area contributed by atoms with Crippen LogP contribution in [0.1, 0.15) is 19.4 Å². The molecule has 3 N–H and O–H groups in total. The molecule has 21 heavy (non-hydrogen) atoms. The van der Waals surface area contributed by atoms with Gasteiger partial charge >= 0.3 is 0 Å². The monoisotopic (exact) mass is 289 g/mol. The van der Waals surface area contributed by atoms with Gasteiger partial charge in [0.1, 0.15) is 5.75 Å². The molecule has 2 aromatic rings. The average Bonchev–Trinajstić information content (AvgIpc) is 2.40. The number of hydrogen-bond acceptors (Lipinski definition) is 4. The van der Waals surface area contributed by atoms with Gasteiger partial charge in [-0.3, -0.25) is 4.90 Å². The van der Waals surface area contributed by atoms with Gasteiger partial charge in [0.15, 0.2) is 0 Å². The predicted octanol–water partition coefficient (Wildman–Crippen LogP) is 2.11. The zero-order valence-electron chi connectivity index (χ0n) is 12.5. The third-order valence-corrected chi connectivity index (χ3v) is 3.44. The van der Waals surface area contributed by atoms with E-state index in [0.29, 0.717) is 19.6 Å². The summed E-state index contributed by atoms with van der Waals surface area (Å²) in [6.07, 6.45) is -0.971. The van der Waals surface area contributed by atoms with Crippen LogP contribution >= 0.6 is 0 Å². The Bertz CT molecular complexity index is 586. The highest BCUT2D eigenvalue weighted by atomic mass is 16.3. The number of nitrogens with zero attached hydrogens (tertiary/aromatic N) is 1. The quantitative estimate of drug-likeness (QED) is 0.762. The zero-order valence-corrected chi connectivity index (χ0v) is 12.5. The van der Waals surface area contributed by atoms with E-state index in [2.05, 4.69) is 0 Å². The molecule has 4 heteroatoms. The van der Waals surface area contributed by atoms with Crippen LogP contribution in [0.3, 0.4) is 0 Å². The molecule has 0 aliphatic heterocycles. The zero-order chi connectivity index (χ0) is 15.4. The van der Waals surface area contributed by atoms with Crippen LogP contribution in [0.25, 0.3) is 10.8 Å². The molecule has 0 saturated heterocycles. The van der Waals surface area contributed by atoms with Gasteiger partial charge < -0.3 is 15.3 Å². The van der Waals surface area contributed by atoms with E-state index in [-0.39, 0.29) is 5.75 Å². The highest BCUT2D eigenvalue weighted by Gasteiger charge is 2.15. The Morgan fingerprint density at radius 2 is 1.57 bits per heavy atom. The van der Waals surface area contributed by atoms with E-state index >= 15 is 0 Å². The number of aromatic hydroxyl groups is 1. The van der Waals surface area contributed by atoms with E-state index in [4.69, 9.17) is 0 Å². The van der Waals surface area contributed by atoms with E-state index in [1.54, 1.807) is 19.9 Å². The molecule has 0 unspecified atom stereocenters. The summed E-state index contributed by atoms with van der Waals surface area (Å²) in [5.74, 6) is 0.245. The molecule has 0 aliphatic carbocycles. The first-order valence-electron chi connectivity index (χ1n) is 7.25. The topological polar surface area (TPSA) is 63.9 Å². The van der Waals surface area contributed by atoms with Crippen LogP contribution < -0.4 is 0 Å².